The highest BCUT2D eigenvalue weighted by molar-refractivity contribution is 7.07. The van der Waals surface area contributed by atoms with Crippen molar-refractivity contribution in [2.75, 3.05) is 0 Å². The van der Waals surface area contributed by atoms with Gasteiger partial charge in [-0.15, -0.1) is 11.3 Å². The zero-order valence-corrected chi connectivity index (χ0v) is 11.1. The van der Waals surface area contributed by atoms with E-state index < -0.39 is 0 Å². The molecule has 0 atom stereocenters. The molecule has 0 spiro atoms. The summed E-state index contributed by atoms with van der Waals surface area (Å²) in [4.78, 5) is 4.28. The lowest BCUT2D eigenvalue weighted by molar-refractivity contribution is 0.283. The van der Waals surface area contributed by atoms with Gasteiger partial charge >= 0.3 is 0 Å². The Morgan fingerprint density at radius 2 is 2.28 bits per heavy atom. The van der Waals surface area contributed by atoms with Crippen LogP contribution in [0.4, 0.5) is 0 Å². The molecule has 0 radical (unpaired) electrons. The van der Waals surface area contributed by atoms with E-state index in [-0.39, 0.29) is 6.61 Å². The van der Waals surface area contributed by atoms with Gasteiger partial charge in [0, 0.05) is 27.5 Å². The largest absolute Gasteiger partial charge is 0.392 e. The van der Waals surface area contributed by atoms with E-state index in [2.05, 4.69) is 9.55 Å². The first-order chi connectivity index (χ1) is 8.78. The predicted octanol–water partition coefficient (Wildman–Crippen LogP) is 3.29. The molecule has 5 heteroatoms. The lowest BCUT2D eigenvalue weighted by atomic mass is 10.2. The molecule has 18 heavy (non-hydrogen) atoms. The van der Waals surface area contributed by atoms with Gasteiger partial charge in [-0.05, 0) is 12.1 Å². The van der Waals surface area contributed by atoms with E-state index in [1.807, 2.05) is 35.3 Å². The maximum absolute atomic E-state index is 9.38. The summed E-state index contributed by atoms with van der Waals surface area (Å²) in [5.41, 5.74) is 4.78. The van der Waals surface area contributed by atoms with Gasteiger partial charge in [0.1, 0.15) is 0 Å². The molecule has 3 aromatic rings. The van der Waals surface area contributed by atoms with Crippen molar-refractivity contribution in [3.8, 4) is 0 Å². The summed E-state index contributed by atoms with van der Waals surface area (Å²) in [5, 5.41) is 13.1. The van der Waals surface area contributed by atoms with Gasteiger partial charge in [0.05, 0.1) is 29.9 Å². The minimum absolute atomic E-state index is 0.0300. The average molecular weight is 279 g/mol. The second-order valence-electron chi connectivity index (χ2n) is 4.08. The summed E-state index contributed by atoms with van der Waals surface area (Å²) in [5.74, 6) is 0. The number of hydrogen-bond donors (Lipinski definition) is 1. The molecule has 2 aromatic heterocycles. The van der Waals surface area contributed by atoms with Crippen molar-refractivity contribution in [2.24, 2.45) is 0 Å². The number of nitrogens with zero attached hydrogens (tertiary/aromatic N) is 2. The fourth-order valence-corrected chi connectivity index (χ4v) is 2.80. The van der Waals surface area contributed by atoms with Crippen molar-refractivity contribution in [1.82, 2.24) is 9.55 Å². The van der Waals surface area contributed by atoms with E-state index in [4.69, 9.17) is 11.6 Å². The van der Waals surface area contributed by atoms with Gasteiger partial charge in [0.25, 0.3) is 0 Å². The minimum atomic E-state index is 0.0300. The summed E-state index contributed by atoms with van der Waals surface area (Å²) in [7, 11) is 0. The monoisotopic (exact) mass is 278 g/mol. The lowest BCUT2D eigenvalue weighted by Gasteiger charge is -2.02. The SMILES string of the molecule is OCc1cn(Cc2cscn2)c2cc(Cl)ccc12. The molecule has 0 amide bonds. The van der Waals surface area contributed by atoms with Crippen molar-refractivity contribution < 1.29 is 5.11 Å². The highest BCUT2D eigenvalue weighted by atomic mass is 35.5. The molecule has 0 aliphatic heterocycles. The van der Waals surface area contributed by atoms with Crippen LogP contribution < -0.4 is 0 Å². The molecular weight excluding hydrogens is 268 g/mol. The van der Waals surface area contributed by atoms with E-state index in [1.54, 1.807) is 11.3 Å². The maximum atomic E-state index is 9.38. The Balaban J connectivity index is 2.13. The van der Waals surface area contributed by atoms with Crippen LogP contribution in [0.1, 0.15) is 11.3 Å². The molecule has 2 heterocycles. The number of thiazole rings is 1. The second kappa shape index (κ2) is 4.72. The van der Waals surface area contributed by atoms with Gasteiger partial charge < -0.3 is 9.67 Å². The van der Waals surface area contributed by atoms with Crippen LogP contribution >= 0.6 is 22.9 Å². The number of fused-ring (bicyclic) bond motifs is 1. The van der Waals surface area contributed by atoms with Gasteiger partial charge in [-0.25, -0.2) is 4.98 Å². The Kier molecular flexibility index (Phi) is 3.07. The van der Waals surface area contributed by atoms with Crippen LogP contribution in [0.5, 0.6) is 0 Å². The molecule has 0 bridgehead atoms. The third-order valence-corrected chi connectivity index (χ3v) is 3.78. The number of halogens is 1. The number of aromatic nitrogens is 2. The zero-order valence-electron chi connectivity index (χ0n) is 9.51. The lowest BCUT2D eigenvalue weighted by Crippen LogP contribution is -1.97. The Labute approximate surface area is 113 Å². The molecule has 1 N–H and O–H groups in total. The first kappa shape index (κ1) is 11.7. The van der Waals surface area contributed by atoms with Crippen molar-refractivity contribution in [3.05, 3.63) is 51.6 Å². The zero-order chi connectivity index (χ0) is 12.5. The van der Waals surface area contributed by atoms with Gasteiger partial charge in [-0.1, -0.05) is 17.7 Å². The van der Waals surface area contributed by atoms with Crippen molar-refractivity contribution in [3.63, 3.8) is 0 Å². The highest BCUT2D eigenvalue weighted by Gasteiger charge is 2.09. The van der Waals surface area contributed by atoms with Crippen molar-refractivity contribution in [1.29, 1.82) is 0 Å². The van der Waals surface area contributed by atoms with Crippen molar-refractivity contribution >= 4 is 33.8 Å². The molecular formula is C13H11ClN2OS. The van der Waals surface area contributed by atoms with Crippen molar-refractivity contribution in [2.45, 2.75) is 13.2 Å². The highest BCUT2D eigenvalue weighted by Crippen LogP contribution is 2.25. The molecule has 92 valence electrons. The number of aliphatic hydroxyl groups is 1. The Hall–Kier alpha value is -1.36. The van der Waals surface area contributed by atoms with Crippen LogP contribution in [-0.4, -0.2) is 14.7 Å². The summed E-state index contributed by atoms with van der Waals surface area (Å²) in [6.07, 6.45) is 1.96. The Morgan fingerprint density at radius 1 is 1.39 bits per heavy atom. The van der Waals surface area contributed by atoms with Gasteiger partial charge in [-0.2, -0.15) is 0 Å². The van der Waals surface area contributed by atoms with Gasteiger partial charge in [0.2, 0.25) is 0 Å². The number of aliphatic hydroxyl groups excluding tert-OH is 1. The third-order valence-electron chi connectivity index (χ3n) is 2.91. The number of rotatable bonds is 3. The first-order valence-electron chi connectivity index (χ1n) is 5.53. The van der Waals surface area contributed by atoms with Crippen LogP contribution in [0, 0.1) is 0 Å². The summed E-state index contributed by atoms with van der Waals surface area (Å²) >= 11 is 7.62. The maximum Gasteiger partial charge on any atom is 0.0795 e. The average Bonchev–Trinajstić information content (AvgIpc) is 2.98. The molecule has 3 nitrogen and oxygen atoms in total. The third kappa shape index (κ3) is 2.03. The second-order valence-corrected chi connectivity index (χ2v) is 5.24. The summed E-state index contributed by atoms with van der Waals surface area (Å²) in [6, 6.07) is 5.71. The van der Waals surface area contributed by atoms with Crippen LogP contribution in [-0.2, 0) is 13.2 Å². The van der Waals surface area contributed by atoms with E-state index in [1.165, 1.54) is 0 Å². The summed E-state index contributed by atoms with van der Waals surface area (Å²) < 4.78 is 2.07. The quantitative estimate of drug-likeness (QED) is 0.798. The smallest absolute Gasteiger partial charge is 0.0795 e. The van der Waals surface area contributed by atoms with Gasteiger partial charge in [-0.3, -0.25) is 0 Å². The molecule has 3 rings (SSSR count). The normalized spacial score (nSPS) is 11.2. The van der Waals surface area contributed by atoms with E-state index in [9.17, 15) is 5.11 Å². The van der Waals surface area contributed by atoms with Crippen LogP contribution in [0.15, 0.2) is 35.3 Å². The van der Waals surface area contributed by atoms with E-state index in [0.29, 0.717) is 11.6 Å². The molecule has 0 fully saturated rings. The molecule has 0 aliphatic carbocycles. The summed E-state index contributed by atoms with van der Waals surface area (Å²) in [6.45, 7) is 0.725. The molecule has 0 saturated carbocycles. The number of benzene rings is 1. The standard InChI is InChI=1S/C13H11ClN2OS/c14-10-1-2-12-9(6-17)4-16(13(12)3-10)5-11-7-18-8-15-11/h1-4,7-8,17H,5-6H2. The molecule has 0 saturated heterocycles. The Morgan fingerprint density at radius 3 is 3.00 bits per heavy atom. The molecule has 0 unspecified atom stereocenters. The van der Waals surface area contributed by atoms with Crippen LogP contribution in [0.25, 0.3) is 10.9 Å². The van der Waals surface area contributed by atoms with Crippen LogP contribution in [0.3, 0.4) is 0 Å². The first-order valence-corrected chi connectivity index (χ1v) is 6.85. The van der Waals surface area contributed by atoms with E-state index in [0.717, 1.165) is 22.2 Å². The predicted molar refractivity (Wildman–Crippen MR) is 74.1 cm³/mol. The fourth-order valence-electron chi connectivity index (χ4n) is 2.09. The molecule has 1 aromatic carbocycles. The Bertz CT molecular complexity index is 676. The molecule has 0 aliphatic rings. The van der Waals surface area contributed by atoms with E-state index >= 15 is 0 Å². The van der Waals surface area contributed by atoms with Gasteiger partial charge in [0.15, 0.2) is 0 Å². The van der Waals surface area contributed by atoms with Crippen LogP contribution in [0.2, 0.25) is 5.02 Å². The minimum Gasteiger partial charge on any atom is -0.392 e. The topological polar surface area (TPSA) is 38.0 Å². The fraction of sp³-hybridized carbons (Fsp3) is 0.154. The number of hydrogen-bond acceptors (Lipinski definition) is 3.